The van der Waals surface area contributed by atoms with E-state index in [4.69, 9.17) is 16.3 Å². The average molecular weight is 254 g/mol. The third kappa shape index (κ3) is 4.41. The molecule has 0 fully saturated rings. The minimum absolute atomic E-state index is 0.535. The van der Waals surface area contributed by atoms with Crippen molar-refractivity contribution in [3.05, 3.63) is 40.4 Å². The third-order valence-electron chi connectivity index (χ3n) is 2.48. The topological polar surface area (TPSA) is 21.3 Å². The van der Waals surface area contributed by atoms with Crippen LogP contribution in [-0.4, -0.2) is 19.7 Å². The molecule has 1 aromatic rings. The SMILES string of the molecule is C=C(CNCC)COc1cc(C)c(Cl)c(C)c1. The van der Waals surface area contributed by atoms with Crippen LogP contribution in [0.25, 0.3) is 0 Å². The summed E-state index contributed by atoms with van der Waals surface area (Å²) in [5, 5.41) is 4.02. The van der Waals surface area contributed by atoms with Crippen molar-refractivity contribution in [3.8, 4) is 5.75 Å². The Balaban J connectivity index is 2.55. The normalized spacial score (nSPS) is 10.4. The van der Waals surface area contributed by atoms with E-state index in [1.807, 2.05) is 26.0 Å². The quantitative estimate of drug-likeness (QED) is 0.784. The third-order valence-corrected chi connectivity index (χ3v) is 3.07. The molecule has 2 nitrogen and oxygen atoms in total. The Labute approximate surface area is 109 Å². The first-order chi connectivity index (χ1) is 8.04. The van der Waals surface area contributed by atoms with Crippen molar-refractivity contribution in [1.82, 2.24) is 5.32 Å². The van der Waals surface area contributed by atoms with E-state index in [-0.39, 0.29) is 0 Å². The molecule has 94 valence electrons. The maximum Gasteiger partial charge on any atom is 0.120 e. The van der Waals surface area contributed by atoms with Crippen molar-refractivity contribution in [2.45, 2.75) is 20.8 Å². The van der Waals surface area contributed by atoms with Gasteiger partial charge in [-0.05, 0) is 49.2 Å². The predicted molar refractivity (Wildman–Crippen MR) is 74.1 cm³/mol. The molecule has 0 bridgehead atoms. The van der Waals surface area contributed by atoms with Gasteiger partial charge in [0.1, 0.15) is 12.4 Å². The number of hydrogen-bond donors (Lipinski definition) is 1. The van der Waals surface area contributed by atoms with Crippen molar-refractivity contribution >= 4 is 11.6 Å². The van der Waals surface area contributed by atoms with Crippen LogP contribution >= 0.6 is 11.6 Å². The standard InChI is InChI=1S/C14H20ClNO/c1-5-16-8-10(2)9-17-13-6-11(3)14(15)12(4)7-13/h6-7,16H,2,5,8-9H2,1,3-4H3. The molecule has 1 N–H and O–H groups in total. The minimum atomic E-state index is 0.535. The predicted octanol–water partition coefficient (Wildman–Crippen LogP) is 3.50. The highest BCUT2D eigenvalue weighted by atomic mass is 35.5. The molecule has 0 spiro atoms. The first kappa shape index (κ1) is 14.1. The lowest BCUT2D eigenvalue weighted by molar-refractivity contribution is 0.348. The van der Waals surface area contributed by atoms with E-state index in [9.17, 15) is 0 Å². The highest BCUT2D eigenvalue weighted by Crippen LogP contribution is 2.25. The van der Waals surface area contributed by atoms with Gasteiger partial charge in [-0.3, -0.25) is 0 Å². The summed E-state index contributed by atoms with van der Waals surface area (Å²) >= 11 is 6.10. The second-order valence-corrected chi connectivity index (χ2v) is 4.57. The van der Waals surface area contributed by atoms with E-state index >= 15 is 0 Å². The van der Waals surface area contributed by atoms with E-state index in [1.165, 1.54) is 0 Å². The second-order valence-electron chi connectivity index (χ2n) is 4.19. The van der Waals surface area contributed by atoms with Gasteiger partial charge in [-0.1, -0.05) is 25.1 Å². The smallest absolute Gasteiger partial charge is 0.120 e. The summed E-state index contributed by atoms with van der Waals surface area (Å²) in [4.78, 5) is 0. The summed E-state index contributed by atoms with van der Waals surface area (Å²) in [5.41, 5.74) is 3.12. The summed E-state index contributed by atoms with van der Waals surface area (Å²) in [6.45, 7) is 12.3. The number of benzene rings is 1. The van der Waals surface area contributed by atoms with Gasteiger partial charge in [-0.25, -0.2) is 0 Å². The Morgan fingerprint density at radius 2 is 1.94 bits per heavy atom. The Morgan fingerprint density at radius 1 is 1.35 bits per heavy atom. The number of aryl methyl sites for hydroxylation is 2. The number of likely N-dealkylation sites (N-methyl/N-ethyl adjacent to an activating group) is 1. The van der Waals surface area contributed by atoms with Gasteiger partial charge < -0.3 is 10.1 Å². The van der Waals surface area contributed by atoms with E-state index in [0.717, 1.165) is 40.6 Å². The van der Waals surface area contributed by atoms with Crippen LogP contribution in [-0.2, 0) is 0 Å². The molecular weight excluding hydrogens is 234 g/mol. The molecule has 17 heavy (non-hydrogen) atoms. The van der Waals surface area contributed by atoms with E-state index in [0.29, 0.717) is 6.61 Å². The van der Waals surface area contributed by atoms with Gasteiger partial charge in [0, 0.05) is 11.6 Å². The molecule has 0 aliphatic carbocycles. The molecule has 0 heterocycles. The average Bonchev–Trinajstić information content (AvgIpc) is 2.30. The highest BCUT2D eigenvalue weighted by molar-refractivity contribution is 6.32. The van der Waals surface area contributed by atoms with Gasteiger partial charge >= 0.3 is 0 Å². The van der Waals surface area contributed by atoms with Gasteiger partial charge in [-0.2, -0.15) is 0 Å². The van der Waals surface area contributed by atoms with E-state index in [1.54, 1.807) is 0 Å². The molecule has 0 saturated heterocycles. The van der Waals surface area contributed by atoms with Crippen LogP contribution in [0.2, 0.25) is 5.02 Å². The molecule has 3 heteroatoms. The molecule has 0 aliphatic heterocycles. The minimum Gasteiger partial charge on any atom is -0.489 e. The Hall–Kier alpha value is -0.990. The lowest BCUT2D eigenvalue weighted by atomic mass is 10.1. The molecule has 0 aromatic heterocycles. The van der Waals surface area contributed by atoms with Crippen LogP contribution in [0.1, 0.15) is 18.1 Å². The number of halogens is 1. The van der Waals surface area contributed by atoms with Gasteiger partial charge in [0.25, 0.3) is 0 Å². The van der Waals surface area contributed by atoms with Crippen LogP contribution < -0.4 is 10.1 Å². The number of rotatable bonds is 6. The molecule has 0 unspecified atom stereocenters. The Bertz CT molecular complexity index is 378. The zero-order chi connectivity index (χ0) is 12.8. The molecule has 1 rings (SSSR count). The molecule has 0 amide bonds. The highest BCUT2D eigenvalue weighted by Gasteiger charge is 2.04. The first-order valence-electron chi connectivity index (χ1n) is 5.81. The van der Waals surface area contributed by atoms with Crippen LogP contribution in [0.5, 0.6) is 5.75 Å². The van der Waals surface area contributed by atoms with E-state index in [2.05, 4.69) is 18.8 Å². The molecule has 1 aromatic carbocycles. The van der Waals surface area contributed by atoms with Gasteiger partial charge in [0.05, 0.1) is 0 Å². The summed E-state index contributed by atoms with van der Waals surface area (Å²) in [5.74, 6) is 0.849. The van der Waals surface area contributed by atoms with Crippen LogP contribution in [0.3, 0.4) is 0 Å². The van der Waals surface area contributed by atoms with Crippen molar-refractivity contribution < 1.29 is 4.74 Å². The molecule has 0 aliphatic rings. The Morgan fingerprint density at radius 3 is 2.47 bits per heavy atom. The number of hydrogen-bond acceptors (Lipinski definition) is 2. The van der Waals surface area contributed by atoms with Gasteiger partial charge in [0.2, 0.25) is 0 Å². The molecule has 0 radical (unpaired) electrons. The van der Waals surface area contributed by atoms with Crippen LogP contribution in [0.15, 0.2) is 24.3 Å². The second kappa shape index (κ2) is 6.67. The van der Waals surface area contributed by atoms with Crippen molar-refractivity contribution in [3.63, 3.8) is 0 Å². The summed E-state index contributed by atoms with van der Waals surface area (Å²) < 4.78 is 5.68. The lowest BCUT2D eigenvalue weighted by Crippen LogP contribution is -2.18. The van der Waals surface area contributed by atoms with E-state index < -0.39 is 0 Å². The summed E-state index contributed by atoms with van der Waals surface area (Å²) in [6, 6.07) is 3.91. The first-order valence-corrected chi connectivity index (χ1v) is 6.19. The summed E-state index contributed by atoms with van der Waals surface area (Å²) in [6.07, 6.45) is 0. The summed E-state index contributed by atoms with van der Waals surface area (Å²) in [7, 11) is 0. The monoisotopic (exact) mass is 253 g/mol. The Kier molecular flexibility index (Phi) is 5.52. The number of ether oxygens (including phenoxy) is 1. The van der Waals surface area contributed by atoms with Crippen molar-refractivity contribution in [1.29, 1.82) is 0 Å². The molecule has 0 saturated carbocycles. The maximum atomic E-state index is 6.10. The fraction of sp³-hybridized carbons (Fsp3) is 0.429. The largest absolute Gasteiger partial charge is 0.489 e. The van der Waals surface area contributed by atoms with Crippen molar-refractivity contribution in [2.75, 3.05) is 19.7 Å². The fourth-order valence-corrected chi connectivity index (χ4v) is 1.64. The van der Waals surface area contributed by atoms with Crippen LogP contribution in [0.4, 0.5) is 0 Å². The zero-order valence-corrected chi connectivity index (χ0v) is 11.5. The van der Waals surface area contributed by atoms with Gasteiger partial charge in [-0.15, -0.1) is 0 Å². The zero-order valence-electron chi connectivity index (χ0n) is 10.8. The van der Waals surface area contributed by atoms with Crippen molar-refractivity contribution in [2.24, 2.45) is 0 Å². The number of nitrogens with one attached hydrogen (secondary N) is 1. The molecule has 0 atom stereocenters. The fourth-order valence-electron chi connectivity index (χ4n) is 1.53. The van der Waals surface area contributed by atoms with Crippen LogP contribution in [0, 0.1) is 13.8 Å². The van der Waals surface area contributed by atoms with Gasteiger partial charge in [0.15, 0.2) is 0 Å². The molecular formula is C14H20ClNO. The maximum absolute atomic E-state index is 6.10. The lowest BCUT2D eigenvalue weighted by Gasteiger charge is -2.11.